The fourth-order valence-electron chi connectivity index (χ4n) is 1.54. The topological polar surface area (TPSA) is 31.4 Å². The van der Waals surface area contributed by atoms with Crippen molar-refractivity contribution in [2.75, 3.05) is 38.7 Å². The van der Waals surface area contributed by atoms with E-state index in [1.54, 1.807) is 6.20 Å². The zero-order valence-electron chi connectivity index (χ0n) is 8.78. The van der Waals surface area contributed by atoms with E-state index in [1.165, 1.54) is 0 Å². The normalized spacial score (nSPS) is 19.1. The Morgan fingerprint density at radius 3 is 2.73 bits per heavy atom. The van der Waals surface area contributed by atoms with Crippen LogP contribution in [0.5, 0.6) is 0 Å². The van der Waals surface area contributed by atoms with Gasteiger partial charge in [0.2, 0.25) is 0 Å². The lowest BCUT2D eigenvalue weighted by Gasteiger charge is -2.32. The van der Waals surface area contributed by atoms with Crippen LogP contribution in [0.2, 0.25) is 5.02 Å². The van der Waals surface area contributed by atoms with E-state index in [4.69, 9.17) is 11.6 Å². The molecule has 0 spiro atoms. The Balaban J connectivity index is 1.95. The summed E-state index contributed by atoms with van der Waals surface area (Å²) in [5.41, 5.74) is 3.23. The molecule has 0 atom stereocenters. The molecule has 1 saturated heterocycles. The van der Waals surface area contributed by atoms with Gasteiger partial charge in [0, 0.05) is 32.4 Å². The van der Waals surface area contributed by atoms with Crippen LogP contribution >= 0.6 is 11.6 Å². The number of piperazine rings is 1. The third-order valence-electron chi connectivity index (χ3n) is 2.53. The average molecular weight is 227 g/mol. The second-order valence-electron chi connectivity index (χ2n) is 3.74. The molecule has 1 fully saturated rings. The minimum Gasteiger partial charge on any atom is -0.304 e. The predicted octanol–water partition coefficient (Wildman–Crippen LogP) is 1.31. The number of hydrogen-bond acceptors (Lipinski definition) is 4. The van der Waals surface area contributed by atoms with Crippen molar-refractivity contribution < 1.29 is 0 Å². The van der Waals surface area contributed by atoms with Crippen LogP contribution in [0.1, 0.15) is 0 Å². The molecule has 0 saturated carbocycles. The molecule has 4 nitrogen and oxygen atoms in total. The van der Waals surface area contributed by atoms with Crippen LogP contribution in [0.15, 0.2) is 18.3 Å². The van der Waals surface area contributed by atoms with Crippen LogP contribution in [-0.4, -0.2) is 48.1 Å². The summed E-state index contributed by atoms with van der Waals surface area (Å²) in [7, 11) is 2.13. The monoisotopic (exact) mass is 226 g/mol. The van der Waals surface area contributed by atoms with Crippen molar-refractivity contribution >= 4 is 17.4 Å². The number of likely N-dealkylation sites (N-methyl/N-ethyl adjacent to an activating group) is 1. The first-order valence-corrected chi connectivity index (χ1v) is 5.44. The second kappa shape index (κ2) is 4.79. The van der Waals surface area contributed by atoms with E-state index in [0.717, 1.165) is 32.0 Å². The fourth-order valence-corrected chi connectivity index (χ4v) is 1.70. The lowest BCUT2D eigenvalue weighted by molar-refractivity contribution is 0.178. The second-order valence-corrected chi connectivity index (χ2v) is 4.14. The van der Waals surface area contributed by atoms with Gasteiger partial charge in [0.15, 0.2) is 5.82 Å². The molecule has 0 bridgehead atoms. The average Bonchev–Trinajstić information content (AvgIpc) is 2.25. The highest BCUT2D eigenvalue weighted by Gasteiger charge is 2.14. The van der Waals surface area contributed by atoms with Crippen molar-refractivity contribution in [3.8, 4) is 0 Å². The van der Waals surface area contributed by atoms with Crippen LogP contribution in [0.25, 0.3) is 0 Å². The van der Waals surface area contributed by atoms with Crippen LogP contribution in [0.4, 0.5) is 5.82 Å². The zero-order chi connectivity index (χ0) is 10.7. The van der Waals surface area contributed by atoms with Crippen LogP contribution in [-0.2, 0) is 0 Å². The van der Waals surface area contributed by atoms with E-state index in [2.05, 4.69) is 27.4 Å². The zero-order valence-corrected chi connectivity index (χ0v) is 9.54. The maximum Gasteiger partial charge on any atom is 0.159 e. The minimum atomic E-state index is 0.663. The van der Waals surface area contributed by atoms with Gasteiger partial charge in [-0.05, 0) is 19.2 Å². The number of pyridine rings is 1. The molecule has 0 aliphatic carbocycles. The number of hydrazine groups is 1. The molecule has 0 aromatic carbocycles. The molecule has 5 heteroatoms. The Kier molecular flexibility index (Phi) is 3.41. The van der Waals surface area contributed by atoms with Crippen molar-refractivity contribution in [2.24, 2.45) is 0 Å². The van der Waals surface area contributed by atoms with Crippen molar-refractivity contribution in [3.63, 3.8) is 0 Å². The van der Waals surface area contributed by atoms with E-state index < -0.39 is 0 Å². The van der Waals surface area contributed by atoms with Crippen molar-refractivity contribution in [1.82, 2.24) is 14.9 Å². The number of nitrogens with one attached hydrogen (secondary N) is 1. The minimum absolute atomic E-state index is 0.663. The van der Waals surface area contributed by atoms with Crippen molar-refractivity contribution in [3.05, 3.63) is 23.4 Å². The fraction of sp³-hybridized carbons (Fsp3) is 0.500. The van der Waals surface area contributed by atoms with Crippen molar-refractivity contribution in [1.29, 1.82) is 0 Å². The third-order valence-corrected chi connectivity index (χ3v) is 2.83. The number of aromatic nitrogens is 1. The van der Waals surface area contributed by atoms with Crippen LogP contribution in [0.3, 0.4) is 0 Å². The summed E-state index contributed by atoms with van der Waals surface area (Å²) in [6, 6.07) is 3.67. The van der Waals surface area contributed by atoms with E-state index in [9.17, 15) is 0 Å². The van der Waals surface area contributed by atoms with Gasteiger partial charge in [-0.25, -0.2) is 9.99 Å². The molecule has 2 heterocycles. The van der Waals surface area contributed by atoms with Crippen LogP contribution in [0, 0.1) is 0 Å². The summed E-state index contributed by atoms with van der Waals surface area (Å²) in [5.74, 6) is 0.740. The first-order chi connectivity index (χ1) is 7.25. The van der Waals surface area contributed by atoms with E-state index >= 15 is 0 Å². The molecule has 1 aliphatic heterocycles. The molecule has 1 aromatic heterocycles. The highest BCUT2D eigenvalue weighted by atomic mass is 35.5. The molecule has 1 aromatic rings. The molecule has 2 rings (SSSR count). The standard InChI is InChI=1S/C10H15ClN4/c1-14-5-7-15(8-6-14)13-10-9(11)3-2-4-12-10/h2-4H,5-8H2,1H3,(H,12,13). The summed E-state index contributed by atoms with van der Waals surface area (Å²) in [6.07, 6.45) is 1.74. The first-order valence-electron chi connectivity index (χ1n) is 5.06. The van der Waals surface area contributed by atoms with Gasteiger partial charge >= 0.3 is 0 Å². The summed E-state index contributed by atoms with van der Waals surface area (Å²) >= 11 is 6.01. The molecule has 0 unspecified atom stereocenters. The largest absolute Gasteiger partial charge is 0.304 e. The SMILES string of the molecule is CN1CCN(Nc2ncccc2Cl)CC1. The highest BCUT2D eigenvalue weighted by Crippen LogP contribution is 2.18. The Bertz CT molecular complexity index is 323. The summed E-state index contributed by atoms with van der Waals surface area (Å²) in [6.45, 7) is 4.11. The maximum absolute atomic E-state index is 6.01. The van der Waals surface area contributed by atoms with Crippen molar-refractivity contribution in [2.45, 2.75) is 0 Å². The molecular weight excluding hydrogens is 212 g/mol. The molecule has 1 N–H and O–H groups in total. The van der Waals surface area contributed by atoms with Gasteiger partial charge in [0.1, 0.15) is 0 Å². The number of anilines is 1. The number of halogens is 1. The van der Waals surface area contributed by atoms with Gasteiger partial charge in [0.05, 0.1) is 5.02 Å². The van der Waals surface area contributed by atoms with E-state index in [1.807, 2.05) is 12.1 Å². The number of hydrogen-bond donors (Lipinski definition) is 1. The Labute approximate surface area is 94.8 Å². The Morgan fingerprint density at radius 2 is 2.07 bits per heavy atom. The molecule has 0 amide bonds. The van der Waals surface area contributed by atoms with Crippen LogP contribution < -0.4 is 5.43 Å². The summed E-state index contributed by atoms with van der Waals surface area (Å²) < 4.78 is 0. The molecular formula is C10H15ClN4. The van der Waals surface area contributed by atoms with Gasteiger partial charge in [-0.15, -0.1) is 0 Å². The summed E-state index contributed by atoms with van der Waals surface area (Å²) in [5, 5.41) is 2.81. The van der Waals surface area contributed by atoms with E-state index in [-0.39, 0.29) is 0 Å². The lowest BCUT2D eigenvalue weighted by atomic mass is 10.4. The molecule has 1 aliphatic rings. The lowest BCUT2D eigenvalue weighted by Crippen LogP contribution is -2.47. The Hall–Kier alpha value is -0.840. The molecule has 82 valence electrons. The molecule has 0 radical (unpaired) electrons. The van der Waals surface area contributed by atoms with Gasteiger partial charge in [0.25, 0.3) is 0 Å². The highest BCUT2D eigenvalue weighted by molar-refractivity contribution is 6.32. The summed E-state index contributed by atoms with van der Waals surface area (Å²) in [4.78, 5) is 6.50. The number of nitrogens with zero attached hydrogens (tertiary/aromatic N) is 3. The third kappa shape index (κ3) is 2.81. The smallest absolute Gasteiger partial charge is 0.159 e. The number of rotatable bonds is 2. The van der Waals surface area contributed by atoms with Gasteiger partial charge < -0.3 is 10.3 Å². The van der Waals surface area contributed by atoms with Gasteiger partial charge in [-0.2, -0.15) is 0 Å². The Morgan fingerprint density at radius 1 is 1.33 bits per heavy atom. The maximum atomic E-state index is 6.01. The molecule has 15 heavy (non-hydrogen) atoms. The van der Waals surface area contributed by atoms with Gasteiger partial charge in [-0.1, -0.05) is 11.6 Å². The quantitative estimate of drug-likeness (QED) is 0.824. The van der Waals surface area contributed by atoms with E-state index in [0.29, 0.717) is 5.02 Å². The van der Waals surface area contributed by atoms with Gasteiger partial charge in [-0.3, -0.25) is 0 Å². The first kappa shape index (κ1) is 10.7. The predicted molar refractivity (Wildman–Crippen MR) is 61.9 cm³/mol.